The summed E-state index contributed by atoms with van der Waals surface area (Å²) in [5.41, 5.74) is 1.42. The number of rotatable bonds is 8. The van der Waals surface area contributed by atoms with Gasteiger partial charge in [0.15, 0.2) is 0 Å². The van der Waals surface area contributed by atoms with E-state index in [1.165, 1.54) is 0 Å². The number of aromatic nitrogens is 2. The molecule has 0 aromatic carbocycles. The highest BCUT2D eigenvalue weighted by Crippen LogP contribution is 1.99. The maximum Gasteiger partial charge on any atom is 0.307 e. The minimum absolute atomic E-state index is 0.134. The average Bonchev–Trinajstić information content (AvgIpc) is 2.74. The molecule has 0 unspecified atom stereocenters. The summed E-state index contributed by atoms with van der Waals surface area (Å²) in [5, 5.41) is 16.2. The number of carbonyl (C=O) groups is 1. The number of hydrogen-bond donors (Lipinski definition) is 2. The topological polar surface area (TPSA) is 70.0 Å². The van der Waals surface area contributed by atoms with Gasteiger partial charge in [0.05, 0.1) is 13.0 Å². The Balaban J connectivity index is 2.33. The van der Waals surface area contributed by atoms with E-state index in [4.69, 9.17) is 10.5 Å². The van der Waals surface area contributed by atoms with E-state index >= 15 is 0 Å². The molecule has 2 N–H and O–H groups in total. The third-order valence-corrected chi connectivity index (χ3v) is 2.69. The van der Waals surface area contributed by atoms with E-state index < -0.39 is 5.97 Å². The summed E-state index contributed by atoms with van der Waals surface area (Å²) in [6, 6.07) is 0. The van der Waals surface area contributed by atoms with Crippen molar-refractivity contribution in [2.75, 3.05) is 0 Å². The first-order chi connectivity index (χ1) is 8.49. The molecule has 1 aromatic heterocycles. The molecule has 0 radical (unpaired) electrons. The molecule has 1 aromatic rings. The first-order valence-electron chi connectivity index (χ1n) is 5.99. The molecule has 18 heavy (non-hydrogen) atoms. The Kier molecular flexibility index (Phi) is 5.30. The molecule has 0 amide bonds. The van der Waals surface area contributed by atoms with Crippen molar-refractivity contribution in [2.45, 2.75) is 39.3 Å². The quantitative estimate of drug-likeness (QED) is 0.544. The van der Waals surface area contributed by atoms with Crippen LogP contribution in [0.3, 0.4) is 0 Å². The fourth-order valence-electron chi connectivity index (χ4n) is 1.58. The van der Waals surface area contributed by atoms with Crippen LogP contribution in [-0.2, 0) is 17.9 Å². The third-order valence-electron chi connectivity index (χ3n) is 2.69. The number of hydrogen-bond acceptors (Lipinski definition) is 2. The lowest BCUT2D eigenvalue weighted by atomic mass is 10.1. The van der Waals surface area contributed by atoms with Crippen LogP contribution in [0.25, 0.3) is 0 Å². The smallest absolute Gasteiger partial charge is 0.307 e. The largest absolute Gasteiger partial charge is 0.481 e. The molecule has 0 aliphatic rings. The highest BCUT2D eigenvalue weighted by atomic mass is 16.4. The summed E-state index contributed by atoms with van der Waals surface area (Å²) < 4.78 is 3.87. The van der Waals surface area contributed by atoms with E-state index in [-0.39, 0.29) is 6.42 Å². The lowest BCUT2D eigenvalue weighted by Gasteiger charge is -2.00. The fourth-order valence-corrected chi connectivity index (χ4v) is 1.58. The molecule has 5 nitrogen and oxygen atoms in total. The van der Waals surface area contributed by atoms with Gasteiger partial charge in [0.1, 0.15) is 18.9 Å². The summed E-state index contributed by atoms with van der Waals surface area (Å²) in [4.78, 5) is 10.4. The molecular weight excluding hydrogens is 230 g/mol. The van der Waals surface area contributed by atoms with Gasteiger partial charge in [0, 0.05) is 5.71 Å². The fraction of sp³-hybridized carbons (Fsp3) is 0.462. The maximum absolute atomic E-state index is 10.4. The molecule has 1 rings (SSSR count). The minimum atomic E-state index is -0.787. The van der Waals surface area contributed by atoms with Gasteiger partial charge in [0.25, 0.3) is 0 Å². The third kappa shape index (κ3) is 4.95. The van der Waals surface area contributed by atoms with Crippen LogP contribution in [0.2, 0.25) is 0 Å². The van der Waals surface area contributed by atoms with Gasteiger partial charge in [-0.05, 0) is 25.3 Å². The number of aryl methyl sites for hydroxylation is 2. The molecule has 0 aliphatic heterocycles. The van der Waals surface area contributed by atoms with Crippen LogP contribution in [0.4, 0.5) is 0 Å². The van der Waals surface area contributed by atoms with E-state index in [2.05, 4.69) is 6.58 Å². The summed E-state index contributed by atoms with van der Waals surface area (Å²) >= 11 is 0. The van der Waals surface area contributed by atoms with Crippen LogP contribution in [0.5, 0.6) is 0 Å². The Morgan fingerprint density at radius 2 is 2.22 bits per heavy atom. The van der Waals surface area contributed by atoms with E-state index in [1.54, 1.807) is 0 Å². The predicted molar refractivity (Wildman–Crippen MR) is 68.7 cm³/mol. The van der Waals surface area contributed by atoms with Crippen LogP contribution in [0.15, 0.2) is 30.9 Å². The second-order valence-corrected chi connectivity index (χ2v) is 4.40. The number of nitrogens with zero attached hydrogens (tertiary/aromatic N) is 2. The second kappa shape index (κ2) is 6.74. The zero-order valence-electron chi connectivity index (χ0n) is 10.7. The number of carboxylic acids is 1. The number of aliphatic carboxylic acids is 1. The second-order valence-electron chi connectivity index (χ2n) is 4.40. The van der Waals surface area contributed by atoms with Crippen LogP contribution in [-0.4, -0.2) is 21.4 Å². The molecular formula is C13H20N3O2+. The zero-order chi connectivity index (χ0) is 13.5. The van der Waals surface area contributed by atoms with Crippen molar-refractivity contribution >= 4 is 11.7 Å². The monoisotopic (exact) mass is 250 g/mol. The van der Waals surface area contributed by atoms with Crippen molar-refractivity contribution < 1.29 is 14.5 Å². The molecule has 0 bridgehead atoms. The van der Waals surface area contributed by atoms with Crippen molar-refractivity contribution in [1.29, 1.82) is 5.41 Å². The minimum Gasteiger partial charge on any atom is -0.481 e. The molecule has 0 fully saturated rings. The highest BCUT2D eigenvalue weighted by molar-refractivity contribution is 5.96. The SMILES string of the molecule is C=C(C)C(=N)CCC[n+]1ccn(CCC(=O)O)c1. The van der Waals surface area contributed by atoms with Crippen LogP contribution < -0.4 is 4.57 Å². The maximum atomic E-state index is 10.4. The van der Waals surface area contributed by atoms with Gasteiger partial charge >= 0.3 is 5.97 Å². The first kappa shape index (κ1) is 14.2. The van der Waals surface area contributed by atoms with E-state index in [1.807, 2.05) is 34.8 Å². The summed E-state index contributed by atoms with van der Waals surface area (Å²) in [6.45, 7) is 6.90. The van der Waals surface area contributed by atoms with E-state index in [0.717, 1.165) is 25.0 Å². The Morgan fingerprint density at radius 1 is 1.50 bits per heavy atom. The average molecular weight is 250 g/mol. The Labute approximate surface area is 107 Å². The van der Waals surface area contributed by atoms with Crippen molar-refractivity contribution in [3.8, 4) is 0 Å². The van der Waals surface area contributed by atoms with Gasteiger partial charge in [-0.15, -0.1) is 0 Å². The van der Waals surface area contributed by atoms with Crippen molar-refractivity contribution in [3.05, 3.63) is 30.9 Å². The summed E-state index contributed by atoms with van der Waals surface area (Å²) in [5.74, 6) is -0.787. The van der Waals surface area contributed by atoms with E-state index in [9.17, 15) is 4.79 Å². The van der Waals surface area contributed by atoms with E-state index in [0.29, 0.717) is 12.3 Å². The van der Waals surface area contributed by atoms with Crippen LogP contribution >= 0.6 is 0 Å². The molecule has 98 valence electrons. The summed E-state index contributed by atoms with van der Waals surface area (Å²) in [7, 11) is 0. The molecule has 0 saturated carbocycles. The number of carboxylic acid groups (broad SMARTS) is 1. The normalized spacial score (nSPS) is 10.3. The van der Waals surface area contributed by atoms with Crippen molar-refractivity contribution in [1.82, 2.24) is 4.57 Å². The van der Waals surface area contributed by atoms with Gasteiger partial charge < -0.3 is 10.5 Å². The molecule has 0 spiro atoms. The molecule has 0 saturated heterocycles. The van der Waals surface area contributed by atoms with Gasteiger partial charge in [-0.1, -0.05) is 6.58 Å². The molecule has 5 heteroatoms. The number of allylic oxidation sites excluding steroid dienone is 1. The Hall–Kier alpha value is -1.91. The molecule has 1 heterocycles. The van der Waals surface area contributed by atoms with Crippen LogP contribution in [0, 0.1) is 5.41 Å². The van der Waals surface area contributed by atoms with Gasteiger partial charge in [0.2, 0.25) is 6.33 Å². The van der Waals surface area contributed by atoms with Gasteiger partial charge in [-0.25, -0.2) is 9.13 Å². The lowest BCUT2D eigenvalue weighted by Crippen LogP contribution is -2.31. The van der Waals surface area contributed by atoms with Gasteiger partial charge in [-0.2, -0.15) is 0 Å². The predicted octanol–water partition coefficient (Wildman–Crippen LogP) is 1.63. The Bertz CT molecular complexity index is 449. The zero-order valence-corrected chi connectivity index (χ0v) is 10.7. The number of nitrogens with one attached hydrogen (secondary N) is 1. The van der Waals surface area contributed by atoms with Crippen LogP contribution in [0.1, 0.15) is 26.2 Å². The number of imidazole rings is 1. The Morgan fingerprint density at radius 3 is 2.83 bits per heavy atom. The summed E-state index contributed by atoms with van der Waals surface area (Å²) in [6.07, 6.45) is 7.43. The van der Waals surface area contributed by atoms with Gasteiger partial charge in [-0.3, -0.25) is 4.79 Å². The standard InChI is InChI=1S/C13H19N3O2/c1-11(2)12(14)4-3-6-15-8-9-16(10-15)7-5-13(17)18/h8-10,14H,1,3-7H2,2H3/p+1. The van der Waals surface area contributed by atoms with Crippen molar-refractivity contribution in [2.24, 2.45) is 0 Å². The molecule has 0 atom stereocenters. The molecule has 0 aliphatic carbocycles. The van der Waals surface area contributed by atoms with Crippen molar-refractivity contribution in [3.63, 3.8) is 0 Å². The highest BCUT2D eigenvalue weighted by Gasteiger charge is 2.06. The first-order valence-corrected chi connectivity index (χ1v) is 5.99. The lowest BCUT2D eigenvalue weighted by molar-refractivity contribution is -0.696.